The number of hydrogen-bond acceptors (Lipinski definition) is 4. The molecular formula is C18H22N2O3S2. The highest BCUT2D eigenvalue weighted by atomic mass is 32.2. The highest BCUT2D eigenvalue weighted by Gasteiger charge is 2.21. The molecule has 0 heterocycles. The quantitative estimate of drug-likeness (QED) is 0.750. The molecule has 0 atom stereocenters. The Balaban J connectivity index is 2.17. The highest BCUT2D eigenvalue weighted by molar-refractivity contribution is 7.98. The fraction of sp³-hybridized carbons (Fsp3) is 0.278. The Morgan fingerprint density at radius 1 is 1.16 bits per heavy atom. The third-order valence-corrected chi connectivity index (χ3v) is 5.54. The van der Waals surface area contributed by atoms with Crippen LogP contribution in [-0.4, -0.2) is 33.4 Å². The largest absolute Gasteiger partial charge is 0.325 e. The van der Waals surface area contributed by atoms with Crippen molar-refractivity contribution in [2.75, 3.05) is 28.7 Å². The van der Waals surface area contributed by atoms with Gasteiger partial charge in [0.2, 0.25) is 15.9 Å². The molecular weight excluding hydrogens is 356 g/mol. The minimum Gasteiger partial charge on any atom is -0.325 e. The maximum Gasteiger partial charge on any atom is 0.245 e. The first-order chi connectivity index (χ1) is 11.8. The van der Waals surface area contributed by atoms with E-state index in [1.807, 2.05) is 36.6 Å². The summed E-state index contributed by atoms with van der Waals surface area (Å²) in [5.41, 5.74) is 2.30. The van der Waals surface area contributed by atoms with E-state index in [1.165, 1.54) is 17.3 Å². The van der Waals surface area contributed by atoms with Crippen molar-refractivity contribution in [3.8, 4) is 0 Å². The molecule has 0 saturated carbocycles. The van der Waals surface area contributed by atoms with Crippen LogP contribution >= 0.6 is 11.8 Å². The smallest absolute Gasteiger partial charge is 0.245 e. The minimum atomic E-state index is -3.58. The number of thioether (sulfide) groups is 1. The number of nitrogens with one attached hydrogen (secondary N) is 1. The zero-order valence-electron chi connectivity index (χ0n) is 14.5. The monoisotopic (exact) mass is 378 g/mol. The first-order valence-electron chi connectivity index (χ1n) is 7.84. The molecule has 0 bridgehead atoms. The van der Waals surface area contributed by atoms with E-state index in [2.05, 4.69) is 12.2 Å². The molecule has 0 aliphatic carbocycles. The van der Waals surface area contributed by atoms with E-state index in [1.54, 1.807) is 18.2 Å². The van der Waals surface area contributed by atoms with E-state index < -0.39 is 10.0 Å². The predicted molar refractivity (Wildman–Crippen MR) is 105 cm³/mol. The zero-order valence-corrected chi connectivity index (χ0v) is 16.2. The fourth-order valence-corrected chi connectivity index (χ4v) is 3.62. The lowest BCUT2D eigenvalue weighted by Crippen LogP contribution is -2.37. The molecule has 0 radical (unpaired) electrons. The van der Waals surface area contributed by atoms with E-state index in [4.69, 9.17) is 0 Å². The van der Waals surface area contributed by atoms with Crippen molar-refractivity contribution in [1.29, 1.82) is 0 Å². The second kappa shape index (κ2) is 8.40. The van der Waals surface area contributed by atoms with Crippen molar-refractivity contribution >= 4 is 39.1 Å². The number of nitrogens with zero attached hydrogens (tertiary/aromatic N) is 1. The lowest BCUT2D eigenvalue weighted by Gasteiger charge is -2.22. The molecule has 5 nitrogen and oxygen atoms in total. The minimum absolute atomic E-state index is 0.272. The van der Waals surface area contributed by atoms with Gasteiger partial charge in [-0.15, -0.1) is 11.8 Å². The van der Waals surface area contributed by atoms with E-state index in [-0.39, 0.29) is 12.5 Å². The molecule has 0 aromatic heterocycles. The molecule has 7 heteroatoms. The second-order valence-electron chi connectivity index (χ2n) is 5.57. The summed E-state index contributed by atoms with van der Waals surface area (Å²) in [6.45, 7) is 1.78. The molecule has 2 aromatic carbocycles. The SMILES string of the molecule is CCc1ccc(NC(=O)CN(c2cccc(SC)c2)S(C)(=O)=O)cc1. The fourth-order valence-electron chi connectivity index (χ4n) is 2.32. The van der Waals surface area contributed by atoms with Gasteiger partial charge in [0.25, 0.3) is 0 Å². The number of anilines is 2. The van der Waals surface area contributed by atoms with Gasteiger partial charge in [0.1, 0.15) is 6.54 Å². The van der Waals surface area contributed by atoms with Gasteiger partial charge in [-0.1, -0.05) is 25.1 Å². The molecule has 1 amide bonds. The molecule has 2 rings (SSSR count). The van der Waals surface area contributed by atoms with Crippen LogP contribution in [0.25, 0.3) is 0 Å². The van der Waals surface area contributed by atoms with Crippen LogP contribution in [0.5, 0.6) is 0 Å². The number of rotatable bonds is 7. The van der Waals surface area contributed by atoms with Crippen LogP contribution in [0.15, 0.2) is 53.4 Å². The van der Waals surface area contributed by atoms with Crippen LogP contribution in [0.4, 0.5) is 11.4 Å². The van der Waals surface area contributed by atoms with Crippen molar-refractivity contribution in [1.82, 2.24) is 0 Å². The first kappa shape index (κ1) is 19.3. The normalized spacial score (nSPS) is 11.2. The Kier molecular flexibility index (Phi) is 6.50. The average molecular weight is 379 g/mol. The number of hydrogen-bond donors (Lipinski definition) is 1. The molecule has 134 valence electrons. The van der Waals surface area contributed by atoms with Crippen LogP contribution in [0.1, 0.15) is 12.5 Å². The number of carbonyl (C=O) groups is 1. The van der Waals surface area contributed by atoms with Gasteiger partial charge >= 0.3 is 0 Å². The summed E-state index contributed by atoms with van der Waals surface area (Å²) < 4.78 is 25.4. The van der Waals surface area contributed by atoms with Gasteiger partial charge in [-0.3, -0.25) is 9.10 Å². The van der Waals surface area contributed by atoms with Crippen molar-refractivity contribution in [2.45, 2.75) is 18.2 Å². The molecule has 2 aromatic rings. The highest BCUT2D eigenvalue weighted by Crippen LogP contribution is 2.24. The predicted octanol–water partition coefficient (Wildman–Crippen LogP) is 3.38. The van der Waals surface area contributed by atoms with Crippen LogP contribution in [-0.2, 0) is 21.2 Å². The lowest BCUT2D eigenvalue weighted by molar-refractivity contribution is -0.114. The van der Waals surface area contributed by atoms with E-state index >= 15 is 0 Å². The maximum atomic E-state index is 12.3. The van der Waals surface area contributed by atoms with Crippen molar-refractivity contribution < 1.29 is 13.2 Å². The third-order valence-electron chi connectivity index (χ3n) is 3.67. The van der Waals surface area contributed by atoms with Crippen molar-refractivity contribution in [3.63, 3.8) is 0 Å². The zero-order chi connectivity index (χ0) is 18.4. The molecule has 0 aliphatic heterocycles. The third kappa shape index (κ3) is 5.51. The summed E-state index contributed by atoms with van der Waals surface area (Å²) in [5.74, 6) is -0.385. The Labute approximate surface area is 153 Å². The van der Waals surface area contributed by atoms with Gasteiger partial charge in [0.15, 0.2) is 0 Å². The summed E-state index contributed by atoms with van der Waals surface area (Å²) in [4.78, 5) is 13.3. The van der Waals surface area contributed by atoms with Gasteiger partial charge in [-0.2, -0.15) is 0 Å². The van der Waals surface area contributed by atoms with Crippen LogP contribution < -0.4 is 9.62 Å². The average Bonchev–Trinajstić information content (AvgIpc) is 2.59. The molecule has 0 unspecified atom stereocenters. The lowest BCUT2D eigenvalue weighted by atomic mass is 10.1. The number of carbonyl (C=O) groups excluding carboxylic acids is 1. The maximum absolute atomic E-state index is 12.3. The summed E-state index contributed by atoms with van der Waals surface area (Å²) in [5, 5.41) is 2.74. The van der Waals surface area contributed by atoms with E-state index in [9.17, 15) is 13.2 Å². The van der Waals surface area contributed by atoms with Gasteiger partial charge in [-0.25, -0.2) is 8.42 Å². The van der Waals surface area contributed by atoms with Crippen molar-refractivity contribution in [2.24, 2.45) is 0 Å². The standard InChI is InChI=1S/C18H22N2O3S2/c1-4-14-8-10-15(11-9-14)19-18(21)13-20(25(3,22)23)16-6-5-7-17(12-16)24-2/h5-12H,4,13H2,1-3H3,(H,19,21). The van der Waals surface area contributed by atoms with E-state index in [0.29, 0.717) is 11.4 Å². The topological polar surface area (TPSA) is 66.5 Å². The Morgan fingerprint density at radius 2 is 1.84 bits per heavy atom. The summed E-state index contributed by atoms with van der Waals surface area (Å²) in [6.07, 6.45) is 3.93. The number of amides is 1. The van der Waals surface area contributed by atoms with E-state index in [0.717, 1.165) is 21.9 Å². The van der Waals surface area contributed by atoms with Crippen molar-refractivity contribution in [3.05, 3.63) is 54.1 Å². The summed E-state index contributed by atoms with van der Waals surface area (Å²) in [6, 6.07) is 14.6. The molecule has 0 saturated heterocycles. The van der Waals surface area contributed by atoms with Crippen LogP contribution in [0, 0.1) is 0 Å². The Bertz CT molecular complexity index is 834. The molecule has 0 spiro atoms. The molecule has 0 fully saturated rings. The Morgan fingerprint density at radius 3 is 2.40 bits per heavy atom. The molecule has 25 heavy (non-hydrogen) atoms. The molecule has 1 N–H and O–H groups in total. The number of aryl methyl sites for hydroxylation is 1. The van der Waals surface area contributed by atoms with Gasteiger partial charge in [0.05, 0.1) is 11.9 Å². The number of benzene rings is 2. The van der Waals surface area contributed by atoms with Crippen LogP contribution in [0.2, 0.25) is 0 Å². The van der Waals surface area contributed by atoms with Gasteiger partial charge in [0, 0.05) is 10.6 Å². The second-order valence-corrected chi connectivity index (χ2v) is 8.36. The van der Waals surface area contributed by atoms with Gasteiger partial charge in [-0.05, 0) is 48.6 Å². The first-order valence-corrected chi connectivity index (χ1v) is 10.9. The number of sulfonamides is 1. The molecule has 0 aliphatic rings. The summed E-state index contributed by atoms with van der Waals surface area (Å²) >= 11 is 1.51. The summed E-state index contributed by atoms with van der Waals surface area (Å²) in [7, 11) is -3.58. The Hall–Kier alpha value is -1.99. The van der Waals surface area contributed by atoms with Crippen LogP contribution in [0.3, 0.4) is 0 Å². The van der Waals surface area contributed by atoms with Gasteiger partial charge < -0.3 is 5.32 Å².